The molecule has 6 rings (SSSR count). The summed E-state index contributed by atoms with van der Waals surface area (Å²) >= 11 is 0. The molecule has 0 amide bonds. The Morgan fingerprint density at radius 2 is 1.68 bits per heavy atom. The summed E-state index contributed by atoms with van der Waals surface area (Å²) in [6.45, 7) is 2.36. The maximum absolute atomic E-state index is 14.7. The molecule has 6 aromatic rings. The summed E-state index contributed by atoms with van der Waals surface area (Å²) in [5.41, 5.74) is 8.39. The van der Waals surface area contributed by atoms with E-state index in [4.69, 9.17) is 0 Å². The standard InChI is InChI=1S/C31H32FN9/c1-40(2)8-7-34-24-11-20(10-23(32)13-24)25-5-6-35-30-26(25)14-28(37-30)29-27-12-22(17-36-31(27)39-38-29)21-9-19(15-33-16-21)18-41(3)4/h5-6,9-17,34H,7-8,18H2,1-4H3,(H,35,37)(H,36,38,39). The molecule has 0 fully saturated rings. The molecule has 0 spiro atoms. The molecule has 0 unspecified atom stereocenters. The molecule has 0 saturated carbocycles. The first-order chi connectivity index (χ1) is 19.8. The van der Waals surface area contributed by atoms with Gasteiger partial charge in [0.15, 0.2) is 5.65 Å². The number of nitrogens with zero attached hydrogens (tertiary/aromatic N) is 6. The van der Waals surface area contributed by atoms with Gasteiger partial charge in [0.05, 0.1) is 5.69 Å². The summed E-state index contributed by atoms with van der Waals surface area (Å²) in [5, 5.41) is 12.7. The van der Waals surface area contributed by atoms with Crippen LogP contribution in [0.25, 0.3) is 55.7 Å². The monoisotopic (exact) mass is 549 g/mol. The molecule has 0 radical (unpaired) electrons. The average Bonchev–Trinajstić information content (AvgIpc) is 3.56. The SMILES string of the molecule is CN(C)CCNc1cc(F)cc(-c2ccnc3[nH]c(-c4n[nH]c5ncc(-c6cncc(CN(C)C)c6)cc45)cc23)c1. The lowest BCUT2D eigenvalue weighted by molar-refractivity contribution is 0.402. The van der Waals surface area contributed by atoms with Crippen molar-refractivity contribution >= 4 is 27.8 Å². The third-order valence-corrected chi connectivity index (χ3v) is 6.93. The van der Waals surface area contributed by atoms with Crippen molar-refractivity contribution in [1.82, 2.24) is 39.9 Å². The topological polar surface area (TPSA) is 102 Å². The van der Waals surface area contributed by atoms with Crippen LogP contribution in [0.15, 0.2) is 67.3 Å². The van der Waals surface area contributed by atoms with Gasteiger partial charge in [-0.25, -0.2) is 14.4 Å². The van der Waals surface area contributed by atoms with Crippen LogP contribution >= 0.6 is 0 Å². The van der Waals surface area contributed by atoms with E-state index in [1.165, 1.54) is 6.07 Å². The highest BCUT2D eigenvalue weighted by Gasteiger charge is 2.16. The van der Waals surface area contributed by atoms with E-state index in [9.17, 15) is 4.39 Å². The van der Waals surface area contributed by atoms with E-state index >= 15 is 0 Å². The molecule has 1 aromatic carbocycles. The minimum atomic E-state index is -0.295. The molecule has 9 nitrogen and oxygen atoms in total. The number of benzene rings is 1. The quantitative estimate of drug-likeness (QED) is 0.222. The molecule has 0 atom stereocenters. The zero-order chi connectivity index (χ0) is 28.5. The first kappa shape index (κ1) is 26.5. The lowest BCUT2D eigenvalue weighted by atomic mass is 10.0. The Morgan fingerprint density at radius 1 is 0.829 bits per heavy atom. The average molecular weight is 550 g/mol. The summed E-state index contributed by atoms with van der Waals surface area (Å²) in [5.74, 6) is -0.295. The Kier molecular flexibility index (Phi) is 7.17. The van der Waals surface area contributed by atoms with Crippen molar-refractivity contribution in [1.29, 1.82) is 0 Å². The number of aromatic amines is 2. The lowest BCUT2D eigenvalue weighted by Gasteiger charge is -2.13. The molecule has 0 aliphatic heterocycles. The number of likely N-dealkylation sites (N-methyl/N-ethyl adjacent to an activating group) is 1. The van der Waals surface area contributed by atoms with Gasteiger partial charge in [-0.1, -0.05) is 0 Å². The van der Waals surface area contributed by atoms with Crippen molar-refractivity contribution in [3.05, 3.63) is 78.6 Å². The van der Waals surface area contributed by atoms with E-state index in [0.29, 0.717) is 17.8 Å². The number of aromatic nitrogens is 6. The smallest absolute Gasteiger partial charge is 0.155 e. The Balaban J connectivity index is 1.37. The molecule has 0 aliphatic rings. The normalized spacial score (nSPS) is 11.8. The van der Waals surface area contributed by atoms with E-state index in [2.05, 4.69) is 57.4 Å². The Morgan fingerprint density at radius 3 is 2.51 bits per heavy atom. The highest BCUT2D eigenvalue weighted by molar-refractivity contribution is 6.00. The second-order valence-electron chi connectivity index (χ2n) is 10.8. The number of hydrogen-bond acceptors (Lipinski definition) is 7. The number of halogens is 1. The van der Waals surface area contributed by atoms with E-state index in [1.54, 1.807) is 12.3 Å². The van der Waals surface area contributed by atoms with Crippen LogP contribution in [0.2, 0.25) is 0 Å². The van der Waals surface area contributed by atoms with Crippen LogP contribution in [0.4, 0.5) is 10.1 Å². The maximum atomic E-state index is 14.7. The molecule has 0 saturated heterocycles. The van der Waals surface area contributed by atoms with Crippen LogP contribution in [0, 0.1) is 5.82 Å². The summed E-state index contributed by atoms with van der Waals surface area (Å²) in [6, 6.07) is 13.2. The second-order valence-corrected chi connectivity index (χ2v) is 10.8. The van der Waals surface area contributed by atoms with Gasteiger partial charge in [-0.2, -0.15) is 5.10 Å². The van der Waals surface area contributed by atoms with Gasteiger partial charge in [0.2, 0.25) is 0 Å². The van der Waals surface area contributed by atoms with Gasteiger partial charge in [-0.05, 0) is 87.3 Å². The van der Waals surface area contributed by atoms with Crippen molar-refractivity contribution < 1.29 is 4.39 Å². The lowest BCUT2D eigenvalue weighted by Crippen LogP contribution is -2.20. The van der Waals surface area contributed by atoms with Gasteiger partial charge in [-0.3, -0.25) is 10.1 Å². The molecule has 3 N–H and O–H groups in total. The maximum Gasteiger partial charge on any atom is 0.155 e. The summed E-state index contributed by atoms with van der Waals surface area (Å²) in [6.07, 6.45) is 7.30. The van der Waals surface area contributed by atoms with Crippen LogP contribution in [-0.4, -0.2) is 81.2 Å². The van der Waals surface area contributed by atoms with Gasteiger partial charge in [0.25, 0.3) is 0 Å². The summed E-state index contributed by atoms with van der Waals surface area (Å²) < 4.78 is 14.7. The Bertz CT molecular complexity index is 1840. The van der Waals surface area contributed by atoms with E-state index < -0.39 is 0 Å². The van der Waals surface area contributed by atoms with Crippen molar-refractivity contribution in [2.24, 2.45) is 0 Å². The fraction of sp³-hybridized carbons (Fsp3) is 0.226. The number of nitrogens with one attached hydrogen (secondary N) is 3. The highest BCUT2D eigenvalue weighted by atomic mass is 19.1. The zero-order valence-electron chi connectivity index (χ0n) is 23.5. The first-order valence-corrected chi connectivity index (χ1v) is 13.4. The van der Waals surface area contributed by atoms with Gasteiger partial charge in [0, 0.05) is 72.0 Å². The van der Waals surface area contributed by atoms with E-state index in [-0.39, 0.29) is 5.82 Å². The van der Waals surface area contributed by atoms with Crippen LogP contribution in [0.5, 0.6) is 0 Å². The van der Waals surface area contributed by atoms with Gasteiger partial charge < -0.3 is 20.1 Å². The number of pyridine rings is 3. The first-order valence-electron chi connectivity index (χ1n) is 13.4. The molecular formula is C31H32FN9. The third kappa shape index (κ3) is 5.65. The molecule has 5 aromatic heterocycles. The number of hydrogen-bond donors (Lipinski definition) is 3. The molecule has 208 valence electrons. The van der Waals surface area contributed by atoms with Crippen molar-refractivity contribution in [3.8, 4) is 33.6 Å². The number of anilines is 1. The van der Waals surface area contributed by atoms with E-state index in [0.717, 1.165) is 68.8 Å². The molecular weight excluding hydrogens is 517 g/mol. The zero-order valence-corrected chi connectivity index (χ0v) is 23.5. The predicted octanol–water partition coefficient (Wildman–Crippen LogP) is 5.40. The molecule has 10 heteroatoms. The van der Waals surface area contributed by atoms with E-state index in [1.807, 2.05) is 65.0 Å². The van der Waals surface area contributed by atoms with Crippen molar-refractivity contribution in [2.45, 2.75) is 6.54 Å². The van der Waals surface area contributed by atoms with Gasteiger partial charge in [-0.15, -0.1) is 0 Å². The fourth-order valence-electron chi connectivity index (χ4n) is 5.04. The van der Waals surface area contributed by atoms with Gasteiger partial charge >= 0.3 is 0 Å². The van der Waals surface area contributed by atoms with Crippen molar-refractivity contribution in [3.63, 3.8) is 0 Å². The Hall–Kier alpha value is -4.67. The van der Waals surface area contributed by atoms with Crippen LogP contribution in [0.3, 0.4) is 0 Å². The van der Waals surface area contributed by atoms with Crippen LogP contribution < -0.4 is 5.32 Å². The second kappa shape index (κ2) is 11.1. The summed E-state index contributed by atoms with van der Waals surface area (Å²) in [4.78, 5) is 21.2. The number of rotatable bonds is 9. The third-order valence-electron chi connectivity index (χ3n) is 6.93. The van der Waals surface area contributed by atoms with Gasteiger partial charge in [0.1, 0.15) is 17.2 Å². The largest absolute Gasteiger partial charge is 0.384 e. The minimum absolute atomic E-state index is 0.295. The Labute approximate surface area is 237 Å². The predicted molar refractivity (Wildman–Crippen MR) is 162 cm³/mol. The molecule has 41 heavy (non-hydrogen) atoms. The fourth-order valence-corrected chi connectivity index (χ4v) is 5.04. The number of fused-ring (bicyclic) bond motifs is 2. The molecule has 0 aliphatic carbocycles. The van der Waals surface area contributed by atoms with Crippen LogP contribution in [-0.2, 0) is 6.54 Å². The minimum Gasteiger partial charge on any atom is -0.384 e. The molecule has 0 bridgehead atoms. The summed E-state index contributed by atoms with van der Waals surface area (Å²) in [7, 11) is 8.09. The highest BCUT2D eigenvalue weighted by Crippen LogP contribution is 2.35. The van der Waals surface area contributed by atoms with Crippen LogP contribution in [0.1, 0.15) is 5.56 Å². The molecule has 5 heterocycles. The van der Waals surface area contributed by atoms with Crippen molar-refractivity contribution in [2.75, 3.05) is 46.6 Å². The number of H-pyrrole nitrogens is 2.